The lowest BCUT2D eigenvalue weighted by Gasteiger charge is -2.19. The maximum absolute atomic E-state index is 4.43. The van der Waals surface area contributed by atoms with Crippen molar-refractivity contribution in [2.45, 2.75) is 44.2 Å². The summed E-state index contributed by atoms with van der Waals surface area (Å²) in [4.78, 5) is 5.72. The summed E-state index contributed by atoms with van der Waals surface area (Å²) < 4.78 is 2.00. The van der Waals surface area contributed by atoms with E-state index in [0.29, 0.717) is 6.04 Å². The third kappa shape index (κ3) is 4.08. The van der Waals surface area contributed by atoms with Gasteiger partial charge in [-0.3, -0.25) is 0 Å². The van der Waals surface area contributed by atoms with Gasteiger partial charge in [0.05, 0.1) is 0 Å². The molecule has 1 N–H and O–H groups in total. The van der Waals surface area contributed by atoms with Gasteiger partial charge in [-0.1, -0.05) is 19.1 Å². The van der Waals surface area contributed by atoms with Gasteiger partial charge in [0, 0.05) is 23.4 Å². The van der Waals surface area contributed by atoms with Crippen LogP contribution in [0.3, 0.4) is 0 Å². The molecule has 21 heavy (non-hydrogen) atoms. The van der Waals surface area contributed by atoms with Gasteiger partial charge in [-0.05, 0) is 44.3 Å². The van der Waals surface area contributed by atoms with E-state index in [0.717, 1.165) is 18.8 Å². The van der Waals surface area contributed by atoms with Gasteiger partial charge in [-0.15, -0.1) is 11.8 Å². The van der Waals surface area contributed by atoms with Gasteiger partial charge >= 0.3 is 0 Å². The van der Waals surface area contributed by atoms with Crippen LogP contribution in [0.15, 0.2) is 35.5 Å². The average Bonchev–Trinajstić information content (AvgIpc) is 2.95. The van der Waals surface area contributed by atoms with Crippen molar-refractivity contribution in [1.29, 1.82) is 0 Å². The van der Waals surface area contributed by atoms with E-state index in [2.05, 4.69) is 66.7 Å². The van der Waals surface area contributed by atoms with Gasteiger partial charge in [-0.25, -0.2) is 9.67 Å². The molecule has 4 nitrogen and oxygen atoms in total. The fourth-order valence-corrected chi connectivity index (χ4v) is 2.83. The highest BCUT2D eigenvalue weighted by atomic mass is 32.2. The number of likely N-dealkylation sites (N-methyl/N-ethyl adjacent to an activating group) is 1. The summed E-state index contributed by atoms with van der Waals surface area (Å²) in [7, 11) is 0. The standard InChI is InChI=1S/C16H24N4S/c1-5-17-15(13-6-8-14(21-4)9-7-13)10-16-18-11-19-20(16)12(2)3/h6-9,11-12,15,17H,5,10H2,1-4H3. The van der Waals surface area contributed by atoms with Crippen LogP contribution in [0, 0.1) is 0 Å². The third-order valence-electron chi connectivity index (χ3n) is 3.49. The number of aromatic nitrogens is 3. The molecule has 0 saturated carbocycles. The van der Waals surface area contributed by atoms with Gasteiger partial charge < -0.3 is 5.32 Å². The second-order valence-corrected chi connectivity index (χ2v) is 6.18. The predicted octanol–water partition coefficient (Wildman–Crippen LogP) is 3.47. The Bertz CT molecular complexity index is 548. The molecule has 2 rings (SSSR count). The number of nitrogens with one attached hydrogen (secondary N) is 1. The lowest BCUT2D eigenvalue weighted by Crippen LogP contribution is -2.24. The van der Waals surface area contributed by atoms with Crippen LogP contribution in [0.25, 0.3) is 0 Å². The molecule has 1 atom stereocenters. The molecule has 0 saturated heterocycles. The Morgan fingerprint density at radius 2 is 1.95 bits per heavy atom. The van der Waals surface area contributed by atoms with E-state index < -0.39 is 0 Å². The maximum Gasteiger partial charge on any atom is 0.138 e. The van der Waals surface area contributed by atoms with Crippen LogP contribution in [0.1, 0.15) is 44.2 Å². The van der Waals surface area contributed by atoms with E-state index in [1.807, 2.05) is 4.68 Å². The van der Waals surface area contributed by atoms with Crippen LogP contribution in [-0.4, -0.2) is 27.6 Å². The van der Waals surface area contributed by atoms with Crippen LogP contribution in [0.4, 0.5) is 0 Å². The third-order valence-corrected chi connectivity index (χ3v) is 4.24. The van der Waals surface area contributed by atoms with Crippen molar-refractivity contribution < 1.29 is 0 Å². The number of thioether (sulfide) groups is 1. The van der Waals surface area contributed by atoms with Crippen LogP contribution in [-0.2, 0) is 6.42 Å². The highest BCUT2D eigenvalue weighted by molar-refractivity contribution is 7.98. The van der Waals surface area contributed by atoms with E-state index in [1.54, 1.807) is 18.1 Å². The fourth-order valence-electron chi connectivity index (χ4n) is 2.42. The van der Waals surface area contributed by atoms with Crippen LogP contribution < -0.4 is 5.32 Å². The fraction of sp³-hybridized carbons (Fsp3) is 0.500. The second kappa shape index (κ2) is 7.61. The summed E-state index contributed by atoms with van der Waals surface area (Å²) in [5.74, 6) is 1.03. The Balaban J connectivity index is 2.19. The molecule has 0 bridgehead atoms. The van der Waals surface area contributed by atoms with E-state index in [4.69, 9.17) is 0 Å². The molecule has 0 aliphatic heterocycles. The minimum Gasteiger partial charge on any atom is -0.310 e. The molecule has 5 heteroatoms. The SMILES string of the molecule is CCNC(Cc1ncnn1C(C)C)c1ccc(SC)cc1. The normalized spacial score (nSPS) is 12.8. The molecular weight excluding hydrogens is 280 g/mol. The Hall–Kier alpha value is -1.33. The first-order valence-electron chi connectivity index (χ1n) is 7.41. The second-order valence-electron chi connectivity index (χ2n) is 5.30. The van der Waals surface area contributed by atoms with Crippen molar-refractivity contribution in [3.05, 3.63) is 42.0 Å². The molecular formula is C16H24N4S. The molecule has 0 amide bonds. The predicted molar refractivity (Wildman–Crippen MR) is 88.8 cm³/mol. The molecule has 1 aromatic carbocycles. The summed E-state index contributed by atoms with van der Waals surface area (Å²) in [6.45, 7) is 7.34. The molecule has 2 aromatic rings. The number of rotatable bonds is 7. The highest BCUT2D eigenvalue weighted by Gasteiger charge is 2.16. The van der Waals surface area contributed by atoms with Crippen molar-refractivity contribution in [3.63, 3.8) is 0 Å². The Labute approximate surface area is 131 Å². The largest absolute Gasteiger partial charge is 0.310 e. The summed E-state index contributed by atoms with van der Waals surface area (Å²) in [5.41, 5.74) is 1.30. The van der Waals surface area contributed by atoms with E-state index in [-0.39, 0.29) is 6.04 Å². The minimum atomic E-state index is 0.271. The molecule has 0 aliphatic carbocycles. The van der Waals surface area contributed by atoms with Crippen molar-refractivity contribution >= 4 is 11.8 Å². The van der Waals surface area contributed by atoms with Crippen molar-refractivity contribution in [1.82, 2.24) is 20.1 Å². The first-order valence-corrected chi connectivity index (χ1v) is 8.63. The van der Waals surface area contributed by atoms with Crippen LogP contribution in [0.5, 0.6) is 0 Å². The number of hydrogen-bond donors (Lipinski definition) is 1. The van der Waals surface area contributed by atoms with Gasteiger partial charge in [0.2, 0.25) is 0 Å². The molecule has 0 spiro atoms. The number of nitrogens with zero attached hydrogens (tertiary/aromatic N) is 3. The molecule has 1 aromatic heterocycles. The monoisotopic (exact) mass is 304 g/mol. The first-order chi connectivity index (χ1) is 10.2. The van der Waals surface area contributed by atoms with Gasteiger partial charge in [0.1, 0.15) is 12.2 Å². The zero-order valence-electron chi connectivity index (χ0n) is 13.2. The lowest BCUT2D eigenvalue weighted by atomic mass is 10.0. The topological polar surface area (TPSA) is 42.7 Å². The zero-order valence-corrected chi connectivity index (χ0v) is 14.0. The van der Waals surface area contributed by atoms with Gasteiger partial charge in [0.25, 0.3) is 0 Å². The van der Waals surface area contributed by atoms with Crippen LogP contribution in [0.2, 0.25) is 0 Å². The molecule has 114 valence electrons. The number of hydrogen-bond acceptors (Lipinski definition) is 4. The zero-order chi connectivity index (χ0) is 15.2. The van der Waals surface area contributed by atoms with Crippen molar-refractivity contribution in [3.8, 4) is 0 Å². The molecule has 1 unspecified atom stereocenters. The Kier molecular flexibility index (Phi) is 5.82. The highest BCUT2D eigenvalue weighted by Crippen LogP contribution is 2.22. The summed E-state index contributed by atoms with van der Waals surface area (Å²) in [6, 6.07) is 9.37. The smallest absolute Gasteiger partial charge is 0.138 e. The molecule has 0 aliphatic rings. The average molecular weight is 304 g/mol. The minimum absolute atomic E-state index is 0.271. The molecule has 1 heterocycles. The van der Waals surface area contributed by atoms with Crippen molar-refractivity contribution in [2.24, 2.45) is 0 Å². The van der Waals surface area contributed by atoms with E-state index >= 15 is 0 Å². The van der Waals surface area contributed by atoms with E-state index in [1.165, 1.54) is 10.5 Å². The Morgan fingerprint density at radius 1 is 1.24 bits per heavy atom. The summed E-state index contributed by atoms with van der Waals surface area (Å²) in [5, 5.41) is 7.88. The Morgan fingerprint density at radius 3 is 2.52 bits per heavy atom. The maximum atomic E-state index is 4.43. The summed E-state index contributed by atoms with van der Waals surface area (Å²) in [6.07, 6.45) is 4.60. The quantitative estimate of drug-likeness (QED) is 0.795. The van der Waals surface area contributed by atoms with Gasteiger partial charge in [-0.2, -0.15) is 5.10 Å². The van der Waals surface area contributed by atoms with E-state index in [9.17, 15) is 0 Å². The van der Waals surface area contributed by atoms with Gasteiger partial charge in [0.15, 0.2) is 0 Å². The molecule has 0 radical (unpaired) electrons. The molecule has 0 fully saturated rings. The summed E-state index contributed by atoms with van der Waals surface area (Å²) >= 11 is 1.77. The van der Waals surface area contributed by atoms with Crippen molar-refractivity contribution in [2.75, 3.05) is 12.8 Å². The van der Waals surface area contributed by atoms with Crippen LogP contribution >= 0.6 is 11.8 Å². The lowest BCUT2D eigenvalue weighted by molar-refractivity contribution is 0.468. The first kappa shape index (κ1) is 16.0. The number of benzene rings is 1.